The predicted molar refractivity (Wildman–Crippen MR) is 131 cm³/mol. The fraction of sp³-hybridized carbons (Fsp3) is 0.522. The predicted octanol–water partition coefficient (Wildman–Crippen LogP) is 4.61. The lowest BCUT2D eigenvalue weighted by molar-refractivity contribution is 0.386. The first kappa shape index (κ1) is 22.6. The molecule has 0 spiro atoms. The van der Waals surface area contributed by atoms with Gasteiger partial charge in [0.15, 0.2) is 11.3 Å². The smallest absolute Gasteiger partial charge is 0.227 e. The first-order valence-electron chi connectivity index (χ1n) is 11.4. The topological polar surface area (TPSA) is 123 Å². The van der Waals surface area contributed by atoms with E-state index in [4.69, 9.17) is 33.0 Å². The summed E-state index contributed by atoms with van der Waals surface area (Å²) in [5.74, 6) is 0.916. The maximum Gasteiger partial charge on any atom is 0.227 e. The molecule has 9 heteroatoms. The van der Waals surface area contributed by atoms with Crippen molar-refractivity contribution in [1.82, 2.24) is 19.7 Å². The van der Waals surface area contributed by atoms with E-state index in [9.17, 15) is 0 Å². The molecule has 0 aliphatic heterocycles. The number of aromatic nitrogens is 4. The van der Waals surface area contributed by atoms with Crippen LogP contribution in [-0.2, 0) is 0 Å². The van der Waals surface area contributed by atoms with Gasteiger partial charge in [0.05, 0.1) is 28.0 Å². The molecule has 1 fully saturated rings. The molecular formula is C23H33ClN8. The second-order valence-electron chi connectivity index (χ2n) is 9.27. The number of H-pyrrole nitrogens is 1. The summed E-state index contributed by atoms with van der Waals surface area (Å²) in [5, 5.41) is 11.8. The third-order valence-electron chi connectivity index (χ3n) is 6.06. The van der Waals surface area contributed by atoms with Crippen LogP contribution in [0.25, 0.3) is 11.0 Å². The molecule has 1 aromatic carbocycles. The quantitative estimate of drug-likeness (QED) is 0.417. The van der Waals surface area contributed by atoms with Gasteiger partial charge < -0.3 is 21.4 Å². The van der Waals surface area contributed by atoms with Crippen molar-refractivity contribution in [3.05, 3.63) is 34.5 Å². The molecule has 1 aliphatic carbocycles. The summed E-state index contributed by atoms with van der Waals surface area (Å²) >= 11 is 6.24. The average molecular weight is 457 g/mol. The molecule has 0 bridgehead atoms. The van der Waals surface area contributed by atoms with Crippen molar-refractivity contribution in [2.24, 2.45) is 10.7 Å². The van der Waals surface area contributed by atoms with Crippen LogP contribution in [0, 0.1) is 0 Å². The molecule has 2 heterocycles. The van der Waals surface area contributed by atoms with E-state index in [1.165, 1.54) is 0 Å². The normalized spacial score (nSPS) is 19.9. The number of fused-ring (bicyclic) bond motifs is 1. The summed E-state index contributed by atoms with van der Waals surface area (Å²) < 4.78 is 2.20. The monoisotopic (exact) mass is 456 g/mol. The van der Waals surface area contributed by atoms with Gasteiger partial charge in [-0.1, -0.05) is 25.4 Å². The fourth-order valence-electron chi connectivity index (χ4n) is 4.27. The van der Waals surface area contributed by atoms with Crippen LogP contribution < -0.4 is 22.4 Å². The van der Waals surface area contributed by atoms with Crippen LogP contribution in [0.2, 0.25) is 5.02 Å². The minimum atomic E-state index is 0.171. The van der Waals surface area contributed by atoms with E-state index in [1.54, 1.807) is 12.1 Å². The lowest BCUT2D eigenvalue weighted by Crippen LogP contribution is -2.33. The van der Waals surface area contributed by atoms with Gasteiger partial charge in [-0.05, 0) is 63.6 Å². The molecular weight excluding hydrogens is 424 g/mol. The van der Waals surface area contributed by atoms with Crippen molar-refractivity contribution in [2.45, 2.75) is 77.4 Å². The van der Waals surface area contributed by atoms with Crippen molar-refractivity contribution in [3.8, 4) is 0 Å². The number of benzene rings is 1. The fourth-order valence-corrected chi connectivity index (χ4v) is 4.45. The van der Waals surface area contributed by atoms with Gasteiger partial charge >= 0.3 is 0 Å². The zero-order valence-electron chi connectivity index (χ0n) is 19.2. The molecule has 3 aromatic rings. The molecule has 2 aromatic heterocycles. The molecule has 0 atom stereocenters. The maximum atomic E-state index is 6.24. The summed E-state index contributed by atoms with van der Waals surface area (Å²) in [6, 6.07) is 6.13. The molecule has 4 rings (SSSR count). The molecule has 0 unspecified atom stereocenters. The van der Waals surface area contributed by atoms with Gasteiger partial charge in [-0.25, -0.2) is 4.99 Å². The van der Waals surface area contributed by atoms with E-state index in [-0.39, 0.29) is 24.0 Å². The Labute approximate surface area is 193 Å². The molecule has 6 N–H and O–H groups in total. The van der Waals surface area contributed by atoms with Gasteiger partial charge in [0.2, 0.25) is 5.62 Å². The van der Waals surface area contributed by atoms with Crippen molar-refractivity contribution >= 4 is 39.8 Å². The first-order valence-corrected chi connectivity index (χ1v) is 11.7. The van der Waals surface area contributed by atoms with Gasteiger partial charge in [-0.2, -0.15) is 10.1 Å². The van der Waals surface area contributed by atoms with Crippen LogP contribution in [0.3, 0.4) is 0 Å². The number of halogens is 1. The highest BCUT2D eigenvalue weighted by Gasteiger charge is 2.22. The number of aromatic amines is 1. The SMILES string of the molecule is CC(C)c1[nH]nc2c(Nc3ccc(N)c(Cl)c3)nc(=NC3CCC(N)CC3)n(C(C)C)c12. The van der Waals surface area contributed by atoms with Crippen LogP contribution >= 0.6 is 11.6 Å². The molecule has 0 saturated heterocycles. The third-order valence-corrected chi connectivity index (χ3v) is 6.38. The van der Waals surface area contributed by atoms with Crippen LogP contribution in [0.5, 0.6) is 0 Å². The second kappa shape index (κ2) is 9.11. The highest BCUT2D eigenvalue weighted by molar-refractivity contribution is 6.33. The minimum absolute atomic E-state index is 0.171. The lowest BCUT2D eigenvalue weighted by Gasteiger charge is -2.24. The largest absolute Gasteiger partial charge is 0.398 e. The minimum Gasteiger partial charge on any atom is -0.398 e. The van der Waals surface area contributed by atoms with Crippen LogP contribution in [0.4, 0.5) is 17.2 Å². The summed E-state index contributed by atoms with van der Waals surface area (Å²) in [6.07, 6.45) is 3.96. The van der Waals surface area contributed by atoms with Crippen molar-refractivity contribution in [3.63, 3.8) is 0 Å². The number of anilines is 3. The summed E-state index contributed by atoms with van der Waals surface area (Å²) in [5.41, 5.74) is 16.9. The lowest BCUT2D eigenvalue weighted by atomic mass is 9.92. The maximum absolute atomic E-state index is 6.24. The molecule has 32 heavy (non-hydrogen) atoms. The van der Waals surface area contributed by atoms with Crippen molar-refractivity contribution in [1.29, 1.82) is 0 Å². The van der Waals surface area contributed by atoms with Crippen molar-refractivity contribution in [2.75, 3.05) is 11.1 Å². The standard InChI is InChI=1S/C23H33ClN8/c1-12(2)19-21-20(31-30-19)22(27-16-9-10-18(26)17(24)11-16)29-23(32(21)13(3)4)28-15-7-5-14(25)6-8-15/h9-15H,5-8,25-26H2,1-4H3,(H,30,31)(H,27,28,29). The summed E-state index contributed by atoms with van der Waals surface area (Å²) in [7, 11) is 0. The Morgan fingerprint density at radius 2 is 1.91 bits per heavy atom. The Hall–Kier alpha value is -2.58. The van der Waals surface area contributed by atoms with E-state index in [0.717, 1.165) is 48.1 Å². The highest BCUT2D eigenvalue weighted by atomic mass is 35.5. The number of nitrogens with two attached hydrogens (primary N) is 2. The Morgan fingerprint density at radius 3 is 2.53 bits per heavy atom. The molecule has 0 amide bonds. The van der Waals surface area contributed by atoms with E-state index < -0.39 is 0 Å². The number of rotatable bonds is 5. The number of hydrogen-bond donors (Lipinski definition) is 4. The molecule has 1 aliphatic rings. The van der Waals surface area contributed by atoms with Crippen LogP contribution in [-0.4, -0.2) is 31.8 Å². The number of nitrogen functional groups attached to an aromatic ring is 1. The average Bonchev–Trinajstić information content (AvgIpc) is 3.17. The van der Waals surface area contributed by atoms with E-state index >= 15 is 0 Å². The Balaban J connectivity index is 1.91. The zero-order valence-corrected chi connectivity index (χ0v) is 19.9. The van der Waals surface area contributed by atoms with E-state index in [0.29, 0.717) is 22.1 Å². The van der Waals surface area contributed by atoms with Gasteiger partial charge in [-0.15, -0.1) is 0 Å². The molecule has 8 nitrogen and oxygen atoms in total. The Bertz CT molecular complexity index is 1170. The number of nitrogens with one attached hydrogen (secondary N) is 2. The summed E-state index contributed by atoms with van der Waals surface area (Å²) in [6.45, 7) is 8.62. The van der Waals surface area contributed by atoms with Gasteiger partial charge in [0.1, 0.15) is 0 Å². The van der Waals surface area contributed by atoms with E-state index in [1.807, 2.05) is 6.07 Å². The molecule has 0 radical (unpaired) electrons. The Kier molecular flexibility index (Phi) is 6.44. The van der Waals surface area contributed by atoms with Gasteiger partial charge in [-0.3, -0.25) is 5.10 Å². The highest BCUT2D eigenvalue weighted by Crippen LogP contribution is 2.30. The second-order valence-corrected chi connectivity index (χ2v) is 9.68. The number of hydrogen-bond acceptors (Lipinski definition) is 6. The van der Waals surface area contributed by atoms with E-state index in [2.05, 4.69) is 47.8 Å². The number of nitrogens with zero attached hydrogens (tertiary/aromatic N) is 4. The zero-order chi connectivity index (χ0) is 23.0. The van der Waals surface area contributed by atoms with Crippen LogP contribution in [0.15, 0.2) is 23.2 Å². The van der Waals surface area contributed by atoms with Gasteiger partial charge in [0.25, 0.3) is 0 Å². The van der Waals surface area contributed by atoms with Crippen molar-refractivity contribution < 1.29 is 0 Å². The molecule has 172 valence electrons. The Morgan fingerprint density at radius 1 is 1.19 bits per heavy atom. The van der Waals surface area contributed by atoms with Crippen LogP contribution in [0.1, 0.15) is 71.0 Å². The first-order chi connectivity index (χ1) is 15.2. The summed E-state index contributed by atoms with van der Waals surface area (Å²) in [4.78, 5) is 10.1. The third kappa shape index (κ3) is 4.47. The molecule has 1 saturated carbocycles. The van der Waals surface area contributed by atoms with Gasteiger partial charge in [0, 0.05) is 17.8 Å².